The summed E-state index contributed by atoms with van der Waals surface area (Å²) in [5.74, 6) is 6.16. The highest BCUT2D eigenvalue weighted by molar-refractivity contribution is 5.94. The lowest BCUT2D eigenvalue weighted by Gasteiger charge is -2.12. The Morgan fingerprint density at radius 2 is 2.26 bits per heavy atom. The highest BCUT2D eigenvalue weighted by atomic mass is 16.1. The minimum absolute atomic E-state index is 0.230. The molecule has 0 saturated carbocycles. The Bertz CT molecular complexity index is 563. The molecule has 1 atom stereocenters. The lowest BCUT2D eigenvalue weighted by molar-refractivity contribution is 0.0937. The Balaban J connectivity index is 2.06. The number of hydrogen-bond donors (Lipinski definition) is 3. The number of pyridine rings is 1. The second-order valence-corrected chi connectivity index (χ2v) is 4.07. The van der Waals surface area contributed by atoms with Crippen molar-refractivity contribution in [1.29, 1.82) is 0 Å². The van der Waals surface area contributed by atoms with E-state index in [1.54, 1.807) is 23.0 Å². The van der Waals surface area contributed by atoms with Crippen LogP contribution in [0.25, 0.3) is 0 Å². The standard InChI is InChI=1S/C11H15N7O/c1-7(10-17-14-6-18(10)2)15-11(19)8-3-4-9(16-12)13-5-8/h3-7H,12H2,1-2H3,(H,13,16)(H,15,19). The van der Waals surface area contributed by atoms with E-state index in [1.165, 1.54) is 6.20 Å². The van der Waals surface area contributed by atoms with Gasteiger partial charge in [-0.3, -0.25) is 4.79 Å². The molecule has 0 fully saturated rings. The zero-order valence-corrected chi connectivity index (χ0v) is 10.7. The van der Waals surface area contributed by atoms with Crippen LogP contribution in [-0.2, 0) is 7.05 Å². The fraction of sp³-hybridized carbons (Fsp3) is 0.273. The third kappa shape index (κ3) is 2.86. The van der Waals surface area contributed by atoms with Gasteiger partial charge in [-0.15, -0.1) is 10.2 Å². The summed E-state index contributed by atoms with van der Waals surface area (Å²) in [5.41, 5.74) is 2.85. The summed E-state index contributed by atoms with van der Waals surface area (Å²) in [6, 6.07) is 3.02. The van der Waals surface area contributed by atoms with Gasteiger partial charge in [0.2, 0.25) is 0 Å². The first-order valence-electron chi connectivity index (χ1n) is 5.69. The number of carbonyl (C=O) groups excluding carboxylic acids is 1. The Morgan fingerprint density at radius 1 is 1.47 bits per heavy atom. The summed E-state index contributed by atoms with van der Waals surface area (Å²) in [5, 5.41) is 10.5. The lowest BCUT2D eigenvalue weighted by Crippen LogP contribution is -2.28. The number of carbonyl (C=O) groups is 1. The van der Waals surface area contributed by atoms with Gasteiger partial charge in [0.15, 0.2) is 5.82 Å². The number of rotatable bonds is 4. The maximum atomic E-state index is 12.0. The van der Waals surface area contributed by atoms with Crippen LogP contribution in [0.5, 0.6) is 0 Å². The summed E-state index contributed by atoms with van der Waals surface area (Å²) in [6.45, 7) is 1.84. The van der Waals surface area contributed by atoms with Gasteiger partial charge in [0.25, 0.3) is 5.91 Å². The van der Waals surface area contributed by atoms with E-state index in [1.807, 2.05) is 14.0 Å². The molecule has 0 saturated heterocycles. The molecule has 0 radical (unpaired) electrons. The number of nitrogens with one attached hydrogen (secondary N) is 2. The molecule has 8 nitrogen and oxygen atoms in total. The molecule has 2 aromatic rings. The summed E-state index contributed by atoms with van der Waals surface area (Å²) < 4.78 is 1.75. The molecule has 19 heavy (non-hydrogen) atoms. The van der Waals surface area contributed by atoms with Gasteiger partial charge in [-0.1, -0.05) is 0 Å². The molecule has 0 aliphatic rings. The average molecular weight is 261 g/mol. The average Bonchev–Trinajstić information content (AvgIpc) is 2.85. The van der Waals surface area contributed by atoms with Crippen molar-refractivity contribution >= 4 is 11.7 Å². The van der Waals surface area contributed by atoms with E-state index in [-0.39, 0.29) is 11.9 Å². The van der Waals surface area contributed by atoms with Crippen molar-refractivity contribution < 1.29 is 4.79 Å². The molecular weight excluding hydrogens is 246 g/mol. The first kappa shape index (κ1) is 13.0. The molecule has 0 aliphatic carbocycles. The first-order chi connectivity index (χ1) is 9.11. The zero-order valence-electron chi connectivity index (χ0n) is 10.7. The van der Waals surface area contributed by atoms with Gasteiger partial charge in [-0.25, -0.2) is 10.8 Å². The number of aryl methyl sites for hydroxylation is 1. The van der Waals surface area contributed by atoms with Crippen molar-refractivity contribution in [2.24, 2.45) is 12.9 Å². The molecule has 0 spiro atoms. The predicted molar refractivity (Wildman–Crippen MR) is 68.9 cm³/mol. The van der Waals surface area contributed by atoms with Crippen molar-refractivity contribution in [3.63, 3.8) is 0 Å². The SMILES string of the molecule is CC(NC(=O)c1ccc(NN)nc1)c1nncn1C. The smallest absolute Gasteiger partial charge is 0.253 e. The van der Waals surface area contributed by atoms with Crippen molar-refractivity contribution in [2.75, 3.05) is 5.43 Å². The van der Waals surface area contributed by atoms with Crippen LogP contribution in [0.4, 0.5) is 5.82 Å². The van der Waals surface area contributed by atoms with E-state index in [9.17, 15) is 4.79 Å². The normalized spacial score (nSPS) is 11.9. The van der Waals surface area contributed by atoms with Gasteiger partial charge in [-0.2, -0.15) is 0 Å². The van der Waals surface area contributed by atoms with Crippen LogP contribution in [0.3, 0.4) is 0 Å². The molecule has 8 heteroatoms. The van der Waals surface area contributed by atoms with Gasteiger partial charge in [0.1, 0.15) is 12.1 Å². The van der Waals surface area contributed by atoms with Crippen LogP contribution in [0.15, 0.2) is 24.7 Å². The molecule has 2 heterocycles. The van der Waals surface area contributed by atoms with E-state index < -0.39 is 0 Å². The minimum Gasteiger partial charge on any atom is -0.342 e. The third-order valence-electron chi connectivity index (χ3n) is 2.65. The minimum atomic E-state index is -0.243. The molecule has 1 unspecified atom stereocenters. The van der Waals surface area contributed by atoms with Gasteiger partial charge in [0, 0.05) is 13.2 Å². The summed E-state index contributed by atoms with van der Waals surface area (Å²) in [4.78, 5) is 16.0. The maximum absolute atomic E-state index is 12.0. The number of aromatic nitrogens is 4. The van der Waals surface area contributed by atoms with Crippen molar-refractivity contribution in [3.8, 4) is 0 Å². The van der Waals surface area contributed by atoms with Gasteiger partial charge >= 0.3 is 0 Å². The van der Waals surface area contributed by atoms with Gasteiger partial charge < -0.3 is 15.3 Å². The largest absolute Gasteiger partial charge is 0.342 e. The molecule has 2 aromatic heterocycles. The molecule has 100 valence electrons. The van der Waals surface area contributed by atoms with Crippen LogP contribution in [0.2, 0.25) is 0 Å². The topological polar surface area (TPSA) is 111 Å². The molecule has 0 bridgehead atoms. The molecule has 0 aliphatic heterocycles. The molecule has 4 N–H and O–H groups in total. The van der Waals surface area contributed by atoms with Crippen LogP contribution < -0.4 is 16.6 Å². The molecule has 1 amide bonds. The van der Waals surface area contributed by atoms with E-state index >= 15 is 0 Å². The monoisotopic (exact) mass is 261 g/mol. The molecular formula is C11H15N7O. The number of nitrogens with two attached hydrogens (primary N) is 1. The summed E-state index contributed by atoms with van der Waals surface area (Å²) in [7, 11) is 1.82. The number of nitrogens with zero attached hydrogens (tertiary/aromatic N) is 4. The number of hydrazine groups is 1. The van der Waals surface area contributed by atoms with Crippen LogP contribution in [-0.4, -0.2) is 25.7 Å². The number of amides is 1. The van der Waals surface area contributed by atoms with E-state index in [4.69, 9.17) is 5.84 Å². The van der Waals surface area contributed by atoms with E-state index in [2.05, 4.69) is 25.9 Å². The fourth-order valence-electron chi connectivity index (χ4n) is 1.64. The summed E-state index contributed by atoms with van der Waals surface area (Å²) >= 11 is 0. The Kier molecular flexibility index (Phi) is 3.71. The second-order valence-electron chi connectivity index (χ2n) is 4.07. The van der Waals surface area contributed by atoms with Gasteiger partial charge in [-0.05, 0) is 19.1 Å². The number of nitrogen functional groups attached to an aromatic ring is 1. The van der Waals surface area contributed by atoms with Crippen molar-refractivity contribution in [2.45, 2.75) is 13.0 Å². The van der Waals surface area contributed by atoms with E-state index in [0.717, 1.165) is 0 Å². The Hall–Kier alpha value is -2.48. The zero-order chi connectivity index (χ0) is 13.8. The van der Waals surface area contributed by atoms with E-state index in [0.29, 0.717) is 17.2 Å². The maximum Gasteiger partial charge on any atom is 0.253 e. The highest BCUT2D eigenvalue weighted by Gasteiger charge is 2.15. The highest BCUT2D eigenvalue weighted by Crippen LogP contribution is 2.09. The van der Waals surface area contributed by atoms with Crippen LogP contribution >= 0.6 is 0 Å². The molecule has 2 rings (SSSR count). The van der Waals surface area contributed by atoms with Gasteiger partial charge in [0.05, 0.1) is 11.6 Å². The quantitative estimate of drug-likeness (QED) is 0.527. The third-order valence-corrected chi connectivity index (χ3v) is 2.65. The Labute approximate surface area is 110 Å². The molecule has 0 aromatic carbocycles. The number of hydrogen-bond acceptors (Lipinski definition) is 6. The number of anilines is 1. The second kappa shape index (κ2) is 5.44. The first-order valence-corrected chi connectivity index (χ1v) is 5.69. The Morgan fingerprint density at radius 3 is 2.79 bits per heavy atom. The van der Waals surface area contributed by atoms with Crippen LogP contribution in [0.1, 0.15) is 29.1 Å². The van der Waals surface area contributed by atoms with Crippen molar-refractivity contribution in [1.82, 2.24) is 25.1 Å². The lowest BCUT2D eigenvalue weighted by atomic mass is 10.2. The van der Waals surface area contributed by atoms with Crippen molar-refractivity contribution in [3.05, 3.63) is 36.0 Å². The summed E-state index contributed by atoms with van der Waals surface area (Å²) in [6.07, 6.45) is 3.04. The predicted octanol–water partition coefficient (Wildman–Crippen LogP) is -0.0133. The fourth-order valence-corrected chi connectivity index (χ4v) is 1.64. The van der Waals surface area contributed by atoms with Crippen LogP contribution in [0, 0.1) is 0 Å².